The first-order valence-corrected chi connectivity index (χ1v) is 8.79. The first-order chi connectivity index (χ1) is 12.8. The van der Waals surface area contributed by atoms with Crippen LogP contribution in [0.4, 0.5) is 0 Å². The standard InChI is InChI=1S/C22H22N2O2/c1-2-6-18-7-3-4-9-21(18)26-20-12-10-17(11-13-20)15-24-22(25)19-8-5-14-23-16-19/h3-5,7-14,16H,2,6,15H2,1H3,(H,24,25). The maximum Gasteiger partial charge on any atom is 0.253 e. The summed E-state index contributed by atoms with van der Waals surface area (Å²) >= 11 is 0. The van der Waals surface area contributed by atoms with E-state index >= 15 is 0 Å². The molecule has 4 heteroatoms. The van der Waals surface area contributed by atoms with Crippen molar-refractivity contribution in [3.63, 3.8) is 0 Å². The van der Waals surface area contributed by atoms with Gasteiger partial charge in [-0.25, -0.2) is 0 Å². The second-order valence-electron chi connectivity index (χ2n) is 6.03. The number of carbonyl (C=O) groups is 1. The van der Waals surface area contributed by atoms with E-state index in [0.717, 1.165) is 29.9 Å². The number of pyridine rings is 1. The molecule has 0 aliphatic rings. The molecule has 1 amide bonds. The van der Waals surface area contributed by atoms with E-state index in [0.29, 0.717) is 12.1 Å². The van der Waals surface area contributed by atoms with Crippen LogP contribution in [0.1, 0.15) is 34.8 Å². The third-order valence-corrected chi connectivity index (χ3v) is 4.02. The monoisotopic (exact) mass is 346 g/mol. The number of nitrogens with one attached hydrogen (secondary N) is 1. The van der Waals surface area contributed by atoms with Crippen LogP contribution in [0.25, 0.3) is 0 Å². The minimum atomic E-state index is -0.132. The molecule has 1 heterocycles. The Hall–Kier alpha value is -3.14. The molecule has 3 aromatic rings. The number of carbonyl (C=O) groups excluding carboxylic acids is 1. The van der Waals surface area contributed by atoms with E-state index in [1.165, 1.54) is 5.56 Å². The normalized spacial score (nSPS) is 10.3. The molecule has 3 rings (SSSR count). The van der Waals surface area contributed by atoms with Gasteiger partial charge >= 0.3 is 0 Å². The minimum absolute atomic E-state index is 0.132. The average molecular weight is 346 g/mol. The summed E-state index contributed by atoms with van der Waals surface area (Å²) in [7, 11) is 0. The molecule has 0 saturated heterocycles. The fraction of sp³-hybridized carbons (Fsp3) is 0.182. The summed E-state index contributed by atoms with van der Waals surface area (Å²) in [6.07, 6.45) is 5.28. The van der Waals surface area contributed by atoms with E-state index in [4.69, 9.17) is 4.74 Å². The van der Waals surface area contributed by atoms with Crippen molar-refractivity contribution in [2.75, 3.05) is 0 Å². The largest absolute Gasteiger partial charge is 0.457 e. The Morgan fingerprint density at radius 2 is 1.85 bits per heavy atom. The van der Waals surface area contributed by atoms with Gasteiger partial charge in [0.2, 0.25) is 0 Å². The van der Waals surface area contributed by atoms with E-state index in [1.54, 1.807) is 24.5 Å². The molecule has 0 bridgehead atoms. The van der Waals surface area contributed by atoms with Crippen molar-refractivity contribution >= 4 is 5.91 Å². The van der Waals surface area contributed by atoms with Gasteiger partial charge in [-0.1, -0.05) is 43.7 Å². The lowest BCUT2D eigenvalue weighted by Gasteiger charge is -2.11. The number of benzene rings is 2. The number of para-hydroxylation sites is 1. The second kappa shape index (κ2) is 8.81. The van der Waals surface area contributed by atoms with Crippen molar-refractivity contribution in [3.05, 3.63) is 89.7 Å². The zero-order valence-corrected chi connectivity index (χ0v) is 14.8. The predicted octanol–water partition coefficient (Wildman–Crippen LogP) is 4.76. The van der Waals surface area contributed by atoms with Gasteiger partial charge < -0.3 is 10.1 Å². The molecule has 4 nitrogen and oxygen atoms in total. The number of nitrogens with zero attached hydrogens (tertiary/aromatic N) is 1. The van der Waals surface area contributed by atoms with Crippen molar-refractivity contribution in [1.29, 1.82) is 0 Å². The number of hydrogen-bond acceptors (Lipinski definition) is 3. The molecule has 1 aromatic heterocycles. The van der Waals surface area contributed by atoms with Crippen LogP contribution >= 0.6 is 0 Å². The van der Waals surface area contributed by atoms with Gasteiger partial charge in [-0.05, 0) is 47.9 Å². The predicted molar refractivity (Wildman–Crippen MR) is 102 cm³/mol. The Kier molecular flexibility index (Phi) is 5.99. The van der Waals surface area contributed by atoms with Gasteiger partial charge in [-0.2, -0.15) is 0 Å². The summed E-state index contributed by atoms with van der Waals surface area (Å²) in [5, 5.41) is 2.89. The molecule has 26 heavy (non-hydrogen) atoms. The van der Waals surface area contributed by atoms with Crippen molar-refractivity contribution < 1.29 is 9.53 Å². The average Bonchev–Trinajstić information content (AvgIpc) is 2.69. The molecule has 132 valence electrons. The lowest BCUT2D eigenvalue weighted by Crippen LogP contribution is -2.22. The molecular formula is C22H22N2O2. The van der Waals surface area contributed by atoms with Crippen LogP contribution in [0.3, 0.4) is 0 Å². The number of rotatable bonds is 7. The number of amides is 1. The summed E-state index contributed by atoms with van der Waals surface area (Å²) in [6, 6.07) is 19.4. The highest BCUT2D eigenvalue weighted by atomic mass is 16.5. The van der Waals surface area contributed by atoms with Crippen LogP contribution in [0.2, 0.25) is 0 Å². The lowest BCUT2D eigenvalue weighted by molar-refractivity contribution is 0.0950. The van der Waals surface area contributed by atoms with Crippen molar-refractivity contribution in [2.24, 2.45) is 0 Å². The number of aryl methyl sites for hydroxylation is 1. The van der Waals surface area contributed by atoms with Crippen LogP contribution in [0, 0.1) is 0 Å². The molecule has 1 N–H and O–H groups in total. The Morgan fingerprint density at radius 1 is 1.04 bits per heavy atom. The Balaban J connectivity index is 1.59. The smallest absolute Gasteiger partial charge is 0.253 e. The highest BCUT2D eigenvalue weighted by Gasteiger charge is 2.06. The number of hydrogen-bond donors (Lipinski definition) is 1. The van der Waals surface area contributed by atoms with Gasteiger partial charge in [0.1, 0.15) is 11.5 Å². The van der Waals surface area contributed by atoms with Crippen molar-refractivity contribution in [3.8, 4) is 11.5 Å². The first kappa shape index (κ1) is 17.7. The SMILES string of the molecule is CCCc1ccccc1Oc1ccc(CNC(=O)c2cccnc2)cc1. The Morgan fingerprint density at radius 3 is 2.58 bits per heavy atom. The quantitative estimate of drug-likeness (QED) is 0.671. The molecule has 0 atom stereocenters. The Bertz CT molecular complexity index is 846. The zero-order chi connectivity index (χ0) is 18.2. The fourth-order valence-electron chi connectivity index (χ4n) is 2.66. The third kappa shape index (κ3) is 4.70. The molecule has 0 spiro atoms. The molecule has 0 unspecified atom stereocenters. The van der Waals surface area contributed by atoms with Gasteiger partial charge in [0.15, 0.2) is 0 Å². The zero-order valence-electron chi connectivity index (χ0n) is 14.8. The fourth-order valence-corrected chi connectivity index (χ4v) is 2.66. The lowest BCUT2D eigenvalue weighted by atomic mass is 10.1. The summed E-state index contributed by atoms with van der Waals surface area (Å²) in [5.41, 5.74) is 2.78. The number of aromatic nitrogens is 1. The van der Waals surface area contributed by atoms with E-state index in [-0.39, 0.29) is 5.91 Å². The summed E-state index contributed by atoms with van der Waals surface area (Å²) in [5.74, 6) is 1.55. The first-order valence-electron chi connectivity index (χ1n) is 8.79. The van der Waals surface area contributed by atoms with Crippen LogP contribution in [0.15, 0.2) is 73.1 Å². The van der Waals surface area contributed by atoms with Gasteiger partial charge in [0, 0.05) is 18.9 Å². The van der Waals surface area contributed by atoms with E-state index in [1.807, 2.05) is 42.5 Å². The summed E-state index contributed by atoms with van der Waals surface area (Å²) in [6.45, 7) is 2.62. The molecule has 2 aromatic carbocycles. The van der Waals surface area contributed by atoms with Gasteiger partial charge in [0.05, 0.1) is 5.56 Å². The highest BCUT2D eigenvalue weighted by Crippen LogP contribution is 2.26. The molecule has 0 aliphatic heterocycles. The van der Waals surface area contributed by atoms with Gasteiger partial charge in [0.25, 0.3) is 5.91 Å². The molecular weight excluding hydrogens is 324 g/mol. The summed E-state index contributed by atoms with van der Waals surface area (Å²) < 4.78 is 6.02. The number of ether oxygens (including phenoxy) is 1. The molecule has 0 aliphatic carbocycles. The second-order valence-corrected chi connectivity index (χ2v) is 6.03. The van der Waals surface area contributed by atoms with Crippen LogP contribution in [-0.4, -0.2) is 10.9 Å². The Labute approximate surface area is 153 Å². The van der Waals surface area contributed by atoms with Crippen molar-refractivity contribution in [1.82, 2.24) is 10.3 Å². The van der Waals surface area contributed by atoms with Crippen molar-refractivity contribution in [2.45, 2.75) is 26.3 Å². The molecule has 0 saturated carbocycles. The maximum atomic E-state index is 12.0. The summed E-state index contributed by atoms with van der Waals surface area (Å²) in [4.78, 5) is 16.0. The van der Waals surface area contributed by atoms with E-state index in [2.05, 4.69) is 23.3 Å². The van der Waals surface area contributed by atoms with Gasteiger partial charge in [-0.3, -0.25) is 9.78 Å². The maximum absolute atomic E-state index is 12.0. The highest BCUT2D eigenvalue weighted by molar-refractivity contribution is 5.93. The van der Waals surface area contributed by atoms with Crippen LogP contribution < -0.4 is 10.1 Å². The minimum Gasteiger partial charge on any atom is -0.457 e. The van der Waals surface area contributed by atoms with E-state index < -0.39 is 0 Å². The van der Waals surface area contributed by atoms with Crippen LogP contribution in [0.5, 0.6) is 11.5 Å². The van der Waals surface area contributed by atoms with Gasteiger partial charge in [-0.15, -0.1) is 0 Å². The van der Waals surface area contributed by atoms with Crippen LogP contribution in [-0.2, 0) is 13.0 Å². The van der Waals surface area contributed by atoms with E-state index in [9.17, 15) is 4.79 Å². The topological polar surface area (TPSA) is 51.2 Å². The molecule has 0 radical (unpaired) electrons. The molecule has 0 fully saturated rings. The third-order valence-electron chi connectivity index (χ3n) is 4.02.